The minimum Gasteiger partial charge on any atom is -0.385 e. The summed E-state index contributed by atoms with van der Waals surface area (Å²) in [6.07, 6.45) is 6.80. The molecule has 1 aromatic rings. The highest BCUT2D eigenvalue weighted by Gasteiger charge is 1.99. The van der Waals surface area contributed by atoms with Crippen LogP contribution in [0.1, 0.15) is 23.2 Å². The van der Waals surface area contributed by atoms with Gasteiger partial charge in [0.1, 0.15) is 0 Å². The van der Waals surface area contributed by atoms with E-state index in [0.717, 1.165) is 25.1 Å². The van der Waals surface area contributed by atoms with Crippen LogP contribution in [-0.4, -0.2) is 12.5 Å². The van der Waals surface area contributed by atoms with E-state index < -0.39 is 5.91 Å². The van der Waals surface area contributed by atoms with Crippen molar-refractivity contribution in [2.75, 3.05) is 11.9 Å². The molecule has 0 aromatic heterocycles. The molecule has 0 aliphatic heterocycles. The first-order valence-electron chi connectivity index (χ1n) is 4.81. The fraction of sp³-hybridized carbons (Fsp3) is 0.250. The second-order valence-corrected chi connectivity index (χ2v) is 3.18. The fourth-order valence-corrected chi connectivity index (χ4v) is 1.21. The number of amides is 1. The Morgan fingerprint density at radius 1 is 1.53 bits per heavy atom. The van der Waals surface area contributed by atoms with Crippen LogP contribution in [-0.2, 0) is 0 Å². The van der Waals surface area contributed by atoms with Gasteiger partial charge in [0.25, 0.3) is 0 Å². The van der Waals surface area contributed by atoms with E-state index in [1.54, 1.807) is 18.2 Å². The van der Waals surface area contributed by atoms with Crippen LogP contribution < -0.4 is 11.1 Å². The van der Waals surface area contributed by atoms with Crippen LogP contribution in [0.15, 0.2) is 24.3 Å². The largest absolute Gasteiger partial charge is 0.385 e. The summed E-state index contributed by atoms with van der Waals surface area (Å²) >= 11 is 0. The van der Waals surface area contributed by atoms with Gasteiger partial charge in [0, 0.05) is 24.2 Å². The number of rotatable bonds is 5. The maximum absolute atomic E-state index is 10.9. The molecular formula is C12H14N2O. The average Bonchev–Trinajstić information content (AvgIpc) is 2.25. The number of terminal acetylenes is 1. The molecule has 0 fully saturated rings. The Bertz CT molecular complexity index is 379. The molecule has 0 aliphatic carbocycles. The van der Waals surface area contributed by atoms with E-state index in [0.29, 0.717) is 5.56 Å². The summed E-state index contributed by atoms with van der Waals surface area (Å²) in [5, 5.41) is 3.17. The number of primary amides is 1. The van der Waals surface area contributed by atoms with Crippen molar-refractivity contribution in [1.29, 1.82) is 0 Å². The second kappa shape index (κ2) is 5.71. The Morgan fingerprint density at radius 2 is 2.33 bits per heavy atom. The Kier molecular flexibility index (Phi) is 4.24. The molecule has 1 rings (SSSR count). The van der Waals surface area contributed by atoms with Gasteiger partial charge in [-0.1, -0.05) is 6.07 Å². The van der Waals surface area contributed by atoms with E-state index >= 15 is 0 Å². The Labute approximate surface area is 89.7 Å². The Hall–Kier alpha value is -1.95. The molecule has 0 aliphatic rings. The first-order chi connectivity index (χ1) is 7.24. The van der Waals surface area contributed by atoms with Crippen molar-refractivity contribution in [3.05, 3.63) is 29.8 Å². The number of carbonyl (C=O) groups is 1. The molecule has 0 bridgehead atoms. The molecule has 3 N–H and O–H groups in total. The van der Waals surface area contributed by atoms with Crippen molar-refractivity contribution in [3.8, 4) is 12.3 Å². The zero-order chi connectivity index (χ0) is 11.1. The van der Waals surface area contributed by atoms with Crippen molar-refractivity contribution in [2.45, 2.75) is 12.8 Å². The minimum absolute atomic E-state index is 0.415. The zero-order valence-electron chi connectivity index (χ0n) is 8.49. The molecule has 0 spiro atoms. The maximum atomic E-state index is 10.9. The van der Waals surface area contributed by atoms with Crippen molar-refractivity contribution in [1.82, 2.24) is 0 Å². The van der Waals surface area contributed by atoms with Gasteiger partial charge in [-0.2, -0.15) is 0 Å². The normalized spacial score (nSPS) is 9.27. The predicted octanol–water partition coefficient (Wildman–Crippen LogP) is 1.61. The van der Waals surface area contributed by atoms with Crippen LogP contribution >= 0.6 is 0 Å². The van der Waals surface area contributed by atoms with Gasteiger partial charge in [0.15, 0.2) is 0 Å². The average molecular weight is 202 g/mol. The predicted molar refractivity (Wildman–Crippen MR) is 61.5 cm³/mol. The van der Waals surface area contributed by atoms with Crippen LogP contribution in [0.3, 0.4) is 0 Å². The monoisotopic (exact) mass is 202 g/mol. The van der Waals surface area contributed by atoms with Crippen LogP contribution in [0.5, 0.6) is 0 Å². The number of benzene rings is 1. The Balaban J connectivity index is 2.51. The zero-order valence-corrected chi connectivity index (χ0v) is 8.49. The van der Waals surface area contributed by atoms with Crippen molar-refractivity contribution in [2.24, 2.45) is 5.73 Å². The second-order valence-electron chi connectivity index (χ2n) is 3.18. The SMILES string of the molecule is C#CCCCNc1cccc(C(N)=O)c1. The first kappa shape index (κ1) is 11.1. The lowest BCUT2D eigenvalue weighted by molar-refractivity contribution is 0.100. The summed E-state index contributed by atoms with van der Waals surface area (Å²) in [5.41, 5.74) is 6.57. The van der Waals surface area contributed by atoms with E-state index in [9.17, 15) is 4.79 Å². The molecule has 78 valence electrons. The van der Waals surface area contributed by atoms with Crippen LogP contribution in [0.25, 0.3) is 0 Å². The van der Waals surface area contributed by atoms with Gasteiger partial charge in [-0.3, -0.25) is 4.79 Å². The summed E-state index contributed by atoms with van der Waals surface area (Å²) in [7, 11) is 0. The van der Waals surface area contributed by atoms with Crippen LogP contribution in [0.2, 0.25) is 0 Å². The highest BCUT2D eigenvalue weighted by atomic mass is 16.1. The van der Waals surface area contributed by atoms with Gasteiger partial charge in [0.05, 0.1) is 0 Å². The van der Waals surface area contributed by atoms with Crippen molar-refractivity contribution >= 4 is 11.6 Å². The molecule has 0 saturated carbocycles. The number of carbonyl (C=O) groups excluding carboxylic acids is 1. The lowest BCUT2D eigenvalue weighted by Gasteiger charge is -2.05. The van der Waals surface area contributed by atoms with Gasteiger partial charge in [0.2, 0.25) is 5.91 Å². The highest BCUT2D eigenvalue weighted by Crippen LogP contribution is 2.10. The number of nitrogens with one attached hydrogen (secondary N) is 1. The van der Waals surface area contributed by atoms with Crippen LogP contribution in [0, 0.1) is 12.3 Å². The van der Waals surface area contributed by atoms with Gasteiger partial charge < -0.3 is 11.1 Å². The van der Waals surface area contributed by atoms with Gasteiger partial charge in [-0.25, -0.2) is 0 Å². The summed E-state index contributed by atoms with van der Waals surface area (Å²) in [6.45, 7) is 0.798. The number of hydrogen-bond acceptors (Lipinski definition) is 2. The lowest BCUT2D eigenvalue weighted by Crippen LogP contribution is -2.11. The standard InChI is InChI=1S/C12H14N2O/c1-2-3-4-8-14-11-7-5-6-10(9-11)12(13)15/h1,5-7,9,14H,3-4,8H2,(H2,13,15). The molecule has 0 heterocycles. The third-order valence-corrected chi connectivity index (χ3v) is 1.97. The number of hydrogen-bond donors (Lipinski definition) is 2. The summed E-state index contributed by atoms with van der Waals surface area (Å²) < 4.78 is 0. The van der Waals surface area contributed by atoms with Crippen molar-refractivity contribution in [3.63, 3.8) is 0 Å². The molecule has 1 amide bonds. The van der Waals surface area contributed by atoms with Gasteiger partial charge in [-0.05, 0) is 24.6 Å². The van der Waals surface area contributed by atoms with Gasteiger partial charge >= 0.3 is 0 Å². The molecule has 0 atom stereocenters. The maximum Gasteiger partial charge on any atom is 0.248 e. The molecule has 3 nitrogen and oxygen atoms in total. The van der Waals surface area contributed by atoms with E-state index in [2.05, 4.69) is 11.2 Å². The molecule has 0 saturated heterocycles. The topological polar surface area (TPSA) is 55.1 Å². The van der Waals surface area contributed by atoms with E-state index in [4.69, 9.17) is 12.2 Å². The third-order valence-electron chi connectivity index (χ3n) is 1.97. The fourth-order valence-electron chi connectivity index (χ4n) is 1.21. The molecule has 15 heavy (non-hydrogen) atoms. The smallest absolute Gasteiger partial charge is 0.248 e. The molecular weight excluding hydrogens is 188 g/mol. The third kappa shape index (κ3) is 3.74. The van der Waals surface area contributed by atoms with E-state index in [-0.39, 0.29) is 0 Å². The molecule has 0 unspecified atom stereocenters. The lowest BCUT2D eigenvalue weighted by atomic mass is 10.2. The first-order valence-corrected chi connectivity index (χ1v) is 4.81. The van der Waals surface area contributed by atoms with Crippen LogP contribution in [0.4, 0.5) is 5.69 Å². The summed E-state index contributed by atoms with van der Waals surface area (Å²) in [5.74, 6) is 2.15. The minimum atomic E-state index is -0.415. The molecule has 1 aromatic carbocycles. The molecule has 0 radical (unpaired) electrons. The number of nitrogens with two attached hydrogens (primary N) is 1. The summed E-state index contributed by atoms with van der Waals surface area (Å²) in [4.78, 5) is 10.9. The molecule has 3 heteroatoms. The van der Waals surface area contributed by atoms with E-state index in [1.165, 1.54) is 0 Å². The number of unbranched alkanes of at least 4 members (excludes halogenated alkanes) is 1. The van der Waals surface area contributed by atoms with Crippen molar-refractivity contribution < 1.29 is 4.79 Å². The van der Waals surface area contributed by atoms with E-state index in [1.807, 2.05) is 6.07 Å². The number of anilines is 1. The van der Waals surface area contributed by atoms with Gasteiger partial charge in [-0.15, -0.1) is 12.3 Å². The highest BCUT2D eigenvalue weighted by molar-refractivity contribution is 5.93. The Morgan fingerprint density at radius 3 is 3.00 bits per heavy atom. The quantitative estimate of drug-likeness (QED) is 0.563. The summed E-state index contributed by atoms with van der Waals surface area (Å²) in [6, 6.07) is 7.11.